The zero-order valence-corrected chi connectivity index (χ0v) is 14.1. The molecule has 4 nitrogen and oxygen atoms in total. The summed E-state index contributed by atoms with van der Waals surface area (Å²) in [6.07, 6.45) is 4.15. The van der Waals surface area contributed by atoms with E-state index in [1.54, 1.807) is 24.8 Å². The number of thioether (sulfide) groups is 1. The van der Waals surface area contributed by atoms with Crippen LogP contribution in [0.5, 0.6) is 0 Å². The molecule has 0 aromatic heterocycles. The van der Waals surface area contributed by atoms with Crippen molar-refractivity contribution in [3.63, 3.8) is 0 Å². The van der Waals surface area contributed by atoms with Gasteiger partial charge in [0.2, 0.25) is 10.0 Å². The largest absolute Gasteiger partial charge is 0.398 e. The van der Waals surface area contributed by atoms with Gasteiger partial charge in [-0.1, -0.05) is 0 Å². The molecule has 1 aliphatic rings. The first-order chi connectivity index (χ1) is 8.80. The van der Waals surface area contributed by atoms with Crippen molar-refractivity contribution in [1.29, 1.82) is 0 Å². The van der Waals surface area contributed by atoms with Gasteiger partial charge in [-0.15, -0.1) is 0 Å². The summed E-state index contributed by atoms with van der Waals surface area (Å²) >= 11 is 5.02. The maximum Gasteiger partial charge on any atom is 0.240 e. The van der Waals surface area contributed by atoms with Crippen LogP contribution in [0.25, 0.3) is 0 Å². The molecule has 106 valence electrons. The van der Waals surface area contributed by atoms with Crippen molar-refractivity contribution in [3.8, 4) is 0 Å². The van der Waals surface area contributed by atoms with E-state index in [0.29, 0.717) is 22.3 Å². The van der Waals surface area contributed by atoms with Crippen molar-refractivity contribution in [3.05, 3.63) is 22.2 Å². The van der Waals surface area contributed by atoms with Gasteiger partial charge in [0.05, 0.1) is 4.90 Å². The third kappa shape index (κ3) is 3.26. The van der Waals surface area contributed by atoms with E-state index in [9.17, 15) is 8.42 Å². The SMILES string of the molecule is CSC1(CNS(=O)(=O)c2cc(N)c(Br)cc2C)CC1. The van der Waals surface area contributed by atoms with Crippen molar-refractivity contribution in [2.24, 2.45) is 0 Å². The molecule has 3 N–H and O–H groups in total. The molecule has 0 atom stereocenters. The van der Waals surface area contributed by atoms with E-state index in [4.69, 9.17) is 5.73 Å². The summed E-state index contributed by atoms with van der Waals surface area (Å²) in [6, 6.07) is 3.23. The number of nitrogens with one attached hydrogen (secondary N) is 1. The lowest BCUT2D eigenvalue weighted by Gasteiger charge is -2.15. The minimum atomic E-state index is -3.50. The van der Waals surface area contributed by atoms with Gasteiger partial charge in [0, 0.05) is 21.5 Å². The maximum absolute atomic E-state index is 12.3. The van der Waals surface area contributed by atoms with Crippen molar-refractivity contribution in [1.82, 2.24) is 4.72 Å². The average molecular weight is 365 g/mol. The fourth-order valence-electron chi connectivity index (χ4n) is 1.85. The van der Waals surface area contributed by atoms with Crippen molar-refractivity contribution in [2.75, 3.05) is 18.5 Å². The highest BCUT2D eigenvalue weighted by atomic mass is 79.9. The van der Waals surface area contributed by atoms with Gasteiger partial charge in [-0.05, 0) is 59.6 Å². The molecule has 1 saturated carbocycles. The second-order valence-electron chi connectivity index (χ2n) is 4.85. The monoisotopic (exact) mass is 364 g/mol. The molecule has 0 aliphatic heterocycles. The van der Waals surface area contributed by atoms with E-state index < -0.39 is 10.0 Å². The van der Waals surface area contributed by atoms with Gasteiger partial charge in [0.25, 0.3) is 0 Å². The van der Waals surface area contributed by atoms with E-state index in [1.165, 1.54) is 6.07 Å². The molecule has 0 saturated heterocycles. The van der Waals surface area contributed by atoms with Gasteiger partial charge in [0.15, 0.2) is 0 Å². The Labute approximate surface area is 126 Å². The molecule has 1 aromatic carbocycles. The van der Waals surface area contributed by atoms with Crippen LogP contribution in [0.3, 0.4) is 0 Å². The van der Waals surface area contributed by atoms with Crippen LogP contribution in [0.2, 0.25) is 0 Å². The first kappa shape index (κ1) is 15.2. The zero-order valence-electron chi connectivity index (χ0n) is 10.9. The summed E-state index contributed by atoms with van der Waals surface area (Å²) in [4.78, 5) is 0.255. The van der Waals surface area contributed by atoms with Crippen LogP contribution in [-0.4, -0.2) is 26.0 Å². The number of hydrogen-bond acceptors (Lipinski definition) is 4. The minimum Gasteiger partial charge on any atom is -0.398 e. The molecular weight excluding hydrogens is 348 g/mol. The Morgan fingerprint density at radius 3 is 2.63 bits per heavy atom. The lowest BCUT2D eigenvalue weighted by atomic mass is 10.2. The Morgan fingerprint density at radius 1 is 1.47 bits per heavy atom. The summed E-state index contributed by atoms with van der Waals surface area (Å²) in [6.45, 7) is 2.24. The number of nitrogens with two attached hydrogens (primary N) is 1. The standard InChI is InChI=1S/C12H17BrN2O2S2/c1-8-5-9(13)10(14)6-11(8)19(16,17)15-7-12(18-2)3-4-12/h5-6,15H,3-4,7,14H2,1-2H3. The quantitative estimate of drug-likeness (QED) is 0.787. The summed E-state index contributed by atoms with van der Waals surface area (Å²) in [7, 11) is -3.50. The topological polar surface area (TPSA) is 72.2 Å². The fraction of sp³-hybridized carbons (Fsp3) is 0.500. The number of benzene rings is 1. The number of rotatable bonds is 5. The van der Waals surface area contributed by atoms with Crippen LogP contribution in [0, 0.1) is 6.92 Å². The van der Waals surface area contributed by atoms with Gasteiger partial charge >= 0.3 is 0 Å². The number of sulfonamides is 1. The van der Waals surface area contributed by atoms with Crippen LogP contribution in [-0.2, 0) is 10.0 Å². The van der Waals surface area contributed by atoms with E-state index in [1.807, 2.05) is 6.26 Å². The molecule has 19 heavy (non-hydrogen) atoms. The number of hydrogen-bond donors (Lipinski definition) is 2. The minimum absolute atomic E-state index is 0.0991. The highest BCUT2D eigenvalue weighted by molar-refractivity contribution is 9.10. The molecule has 0 unspecified atom stereocenters. The molecule has 0 bridgehead atoms. The van der Waals surface area contributed by atoms with Gasteiger partial charge in [-0.3, -0.25) is 0 Å². The summed E-state index contributed by atoms with van der Waals surface area (Å²) in [5.41, 5.74) is 6.87. The van der Waals surface area contributed by atoms with Crippen molar-refractivity contribution >= 4 is 43.4 Å². The van der Waals surface area contributed by atoms with E-state index in [2.05, 4.69) is 20.7 Å². The second kappa shape index (κ2) is 5.27. The molecular formula is C12H17BrN2O2S2. The normalized spacial score (nSPS) is 17.4. The van der Waals surface area contributed by atoms with E-state index in [0.717, 1.165) is 12.8 Å². The van der Waals surface area contributed by atoms with Gasteiger partial charge < -0.3 is 5.73 Å². The third-order valence-corrected chi connectivity index (χ3v) is 7.06. The lowest BCUT2D eigenvalue weighted by Crippen LogP contribution is -2.32. The lowest BCUT2D eigenvalue weighted by molar-refractivity contribution is 0.579. The molecule has 1 aliphatic carbocycles. The van der Waals surface area contributed by atoms with E-state index >= 15 is 0 Å². The van der Waals surface area contributed by atoms with Crippen LogP contribution in [0.4, 0.5) is 5.69 Å². The molecule has 0 heterocycles. The highest BCUT2D eigenvalue weighted by Crippen LogP contribution is 2.46. The predicted molar refractivity (Wildman–Crippen MR) is 84.0 cm³/mol. The Hall–Kier alpha value is -0.240. The van der Waals surface area contributed by atoms with Crippen LogP contribution in [0.15, 0.2) is 21.5 Å². The Bertz CT molecular complexity index is 598. The number of halogens is 1. The van der Waals surface area contributed by atoms with Gasteiger partial charge in [-0.25, -0.2) is 13.1 Å². The Morgan fingerprint density at radius 2 is 2.11 bits per heavy atom. The van der Waals surface area contributed by atoms with Gasteiger partial charge in [0.1, 0.15) is 0 Å². The Balaban J connectivity index is 2.22. The first-order valence-corrected chi connectivity index (χ1v) is 9.40. The first-order valence-electron chi connectivity index (χ1n) is 5.90. The summed E-state index contributed by atoms with van der Waals surface area (Å²) in [5.74, 6) is 0. The zero-order chi connectivity index (χ0) is 14.3. The van der Waals surface area contributed by atoms with E-state index in [-0.39, 0.29) is 9.64 Å². The smallest absolute Gasteiger partial charge is 0.240 e. The highest BCUT2D eigenvalue weighted by Gasteiger charge is 2.42. The molecule has 2 rings (SSSR count). The second-order valence-corrected chi connectivity index (χ2v) is 8.71. The number of aryl methyl sites for hydroxylation is 1. The van der Waals surface area contributed by atoms with Crippen LogP contribution < -0.4 is 10.5 Å². The van der Waals surface area contributed by atoms with Crippen LogP contribution >= 0.6 is 27.7 Å². The number of nitrogen functional groups attached to an aromatic ring is 1. The average Bonchev–Trinajstić information content (AvgIpc) is 3.12. The van der Waals surface area contributed by atoms with Crippen molar-refractivity contribution in [2.45, 2.75) is 29.4 Å². The summed E-state index contributed by atoms with van der Waals surface area (Å²) < 4.78 is 28.1. The molecule has 7 heteroatoms. The number of anilines is 1. The van der Waals surface area contributed by atoms with Crippen molar-refractivity contribution < 1.29 is 8.42 Å². The molecule has 0 radical (unpaired) electrons. The Kier molecular flexibility index (Phi) is 4.21. The summed E-state index contributed by atoms with van der Waals surface area (Å²) in [5, 5.41) is 0. The molecule has 0 amide bonds. The fourth-order valence-corrected chi connectivity index (χ4v) is 4.52. The van der Waals surface area contributed by atoms with Crippen LogP contribution in [0.1, 0.15) is 18.4 Å². The van der Waals surface area contributed by atoms with Gasteiger partial charge in [-0.2, -0.15) is 11.8 Å². The maximum atomic E-state index is 12.3. The third-order valence-electron chi connectivity index (χ3n) is 3.41. The molecule has 0 spiro atoms. The predicted octanol–water partition coefficient (Wildman–Crippen LogP) is 2.51. The molecule has 1 aromatic rings. The molecule has 1 fully saturated rings.